The topological polar surface area (TPSA) is 83.1 Å². The molecule has 6 rings (SSSR count). The maximum atomic E-state index is 13.0. The van der Waals surface area contributed by atoms with Crippen LogP contribution in [0.2, 0.25) is 0 Å². The molecule has 2 aliphatic heterocycles. The van der Waals surface area contributed by atoms with Crippen molar-refractivity contribution in [2.45, 2.75) is 56.4 Å². The zero-order chi connectivity index (χ0) is 33.7. The summed E-state index contributed by atoms with van der Waals surface area (Å²) in [6, 6.07) is 39.5. The Labute approximate surface area is 290 Å². The largest absolute Gasteiger partial charge is 0.446 e. The van der Waals surface area contributed by atoms with Crippen molar-refractivity contribution in [2.24, 2.45) is 0 Å². The maximum Gasteiger partial charge on any atom is 0.408 e. The lowest BCUT2D eigenvalue weighted by Crippen LogP contribution is -2.42. The summed E-state index contributed by atoms with van der Waals surface area (Å²) in [7, 11) is 0. The average Bonchev–Trinajstić information content (AvgIpc) is 3.16. The van der Waals surface area contributed by atoms with Crippen LogP contribution in [0.1, 0.15) is 66.4 Å². The smallest absolute Gasteiger partial charge is 0.408 e. The normalized spacial score (nSPS) is 16.4. The van der Waals surface area contributed by atoms with Crippen molar-refractivity contribution in [3.8, 4) is 0 Å². The highest BCUT2D eigenvalue weighted by Gasteiger charge is 2.26. The van der Waals surface area contributed by atoms with Crippen molar-refractivity contribution in [1.82, 2.24) is 20.4 Å². The number of piperidine rings is 2. The van der Waals surface area contributed by atoms with Gasteiger partial charge in [-0.05, 0) is 67.4 Å². The molecule has 8 nitrogen and oxygen atoms in total. The van der Waals surface area contributed by atoms with Gasteiger partial charge in [-0.1, -0.05) is 121 Å². The summed E-state index contributed by atoms with van der Waals surface area (Å²) in [5.41, 5.74) is 4.11. The number of hydrogen-bond acceptors (Lipinski definition) is 6. The van der Waals surface area contributed by atoms with Gasteiger partial charge in [0.15, 0.2) is 0 Å². The van der Waals surface area contributed by atoms with Gasteiger partial charge in [0.25, 0.3) is 0 Å². The van der Waals surface area contributed by atoms with E-state index in [1.807, 2.05) is 121 Å². The van der Waals surface area contributed by atoms with Crippen molar-refractivity contribution in [1.29, 1.82) is 0 Å². The van der Waals surface area contributed by atoms with Crippen molar-refractivity contribution in [3.05, 3.63) is 144 Å². The van der Waals surface area contributed by atoms with Crippen LogP contribution < -0.4 is 10.6 Å². The van der Waals surface area contributed by atoms with Crippen LogP contribution in [0, 0.1) is 0 Å². The number of hydrogen-bond donors (Lipinski definition) is 2. The highest BCUT2D eigenvalue weighted by atomic mass is 16.6. The molecule has 4 aromatic carbocycles. The van der Waals surface area contributed by atoms with Gasteiger partial charge in [0.2, 0.25) is 0 Å². The lowest BCUT2D eigenvalue weighted by molar-refractivity contribution is 0.0426. The van der Waals surface area contributed by atoms with E-state index in [4.69, 9.17) is 9.47 Å². The van der Waals surface area contributed by atoms with Crippen LogP contribution in [-0.2, 0) is 9.47 Å². The van der Waals surface area contributed by atoms with Crippen molar-refractivity contribution >= 4 is 12.2 Å². The fourth-order valence-electron chi connectivity index (χ4n) is 6.93. The molecule has 2 amide bonds. The Morgan fingerprint density at radius 2 is 0.796 bits per heavy atom. The van der Waals surface area contributed by atoms with Crippen molar-refractivity contribution in [3.63, 3.8) is 0 Å². The van der Waals surface area contributed by atoms with Crippen LogP contribution in [0.4, 0.5) is 9.59 Å². The average molecular weight is 661 g/mol. The monoisotopic (exact) mass is 660 g/mol. The van der Waals surface area contributed by atoms with Crippen LogP contribution in [0.15, 0.2) is 121 Å². The second kappa shape index (κ2) is 17.7. The summed E-state index contributed by atoms with van der Waals surface area (Å²) in [6.45, 7) is 5.77. The van der Waals surface area contributed by atoms with Crippen molar-refractivity contribution < 1.29 is 19.1 Å². The van der Waals surface area contributed by atoms with Crippen LogP contribution >= 0.6 is 0 Å². The minimum atomic E-state index is -0.367. The number of nitrogens with zero attached hydrogens (tertiary/aromatic N) is 2. The van der Waals surface area contributed by atoms with E-state index in [-0.39, 0.29) is 36.5 Å². The molecule has 256 valence electrons. The quantitative estimate of drug-likeness (QED) is 0.166. The fourth-order valence-corrected chi connectivity index (χ4v) is 6.93. The van der Waals surface area contributed by atoms with Crippen LogP contribution in [0.5, 0.6) is 0 Å². The third-order valence-electron chi connectivity index (χ3n) is 9.62. The molecule has 0 unspecified atom stereocenters. The first kappa shape index (κ1) is 34.2. The first-order valence-corrected chi connectivity index (χ1v) is 17.7. The zero-order valence-corrected chi connectivity index (χ0v) is 28.2. The van der Waals surface area contributed by atoms with E-state index in [1.165, 1.54) is 0 Å². The van der Waals surface area contributed by atoms with E-state index < -0.39 is 0 Å². The number of alkyl carbamates (subject to hydrolysis) is 2. The number of ether oxygens (including phenoxy) is 2. The van der Waals surface area contributed by atoms with Gasteiger partial charge >= 0.3 is 12.2 Å². The van der Waals surface area contributed by atoms with Crippen LogP contribution in [-0.4, -0.2) is 73.5 Å². The molecule has 4 aromatic rings. The first-order valence-electron chi connectivity index (χ1n) is 17.7. The zero-order valence-electron chi connectivity index (χ0n) is 28.2. The number of likely N-dealkylation sites (tertiary alicyclic amines) is 2. The number of nitrogens with one attached hydrogen (secondary N) is 2. The third kappa shape index (κ3) is 10.2. The highest BCUT2D eigenvalue weighted by Crippen LogP contribution is 2.24. The molecule has 0 bridgehead atoms. The molecule has 2 fully saturated rings. The Morgan fingerprint density at radius 1 is 0.510 bits per heavy atom. The lowest BCUT2D eigenvalue weighted by atomic mass is 9.99. The SMILES string of the molecule is O=C(NC(c1ccccc1)c1ccccc1)OC1CCN(CCCN2CCC(OC(=O)NC(c3ccccc3)c3ccccc3)CC2)CC1. The lowest BCUT2D eigenvalue weighted by Gasteiger charge is -2.34. The molecule has 0 aromatic heterocycles. The highest BCUT2D eigenvalue weighted by molar-refractivity contribution is 5.69. The van der Waals surface area contributed by atoms with Crippen LogP contribution in [0.3, 0.4) is 0 Å². The summed E-state index contributed by atoms with van der Waals surface area (Å²) < 4.78 is 11.8. The van der Waals surface area contributed by atoms with Gasteiger partial charge in [-0.2, -0.15) is 0 Å². The number of amides is 2. The van der Waals surface area contributed by atoms with E-state index in [1.54, 1.807) is 0 Å². The number of benzene rings is 4. The molecule has 2 aliphatic rings. The Balaban J connectivity index is 0.869. The molecule has 0 aliphatic carbocycles. The predicted molar refractivity (Wildman–Crippen MR) is 192 cm³/mol. The summed E-state index contributed by atoms with van der Waals surface area (Å²) in [4.78, 5) is 30.9. The number of carbonyl (C=O) groups is 2. The van der Waals surface area contributed by atoms with E-state index in [9.17, 15) is 9.59 Å². The minimum absolute atomic E-state index is 0.0738. The van der Waals surface area contributed by atoms with Crippen molar-refractivity contribution in [2.75, 3.05) is 39.3 Å². The second-order valence-electron chi connectivity index (χ2n) is 13.0. The van der Waals surface area contributed by atoms with Gasteiger partial charge in [0.1, 0.15) is 12.2 Å². The van der Waals surface area contributed by atoms with Gasteiger partial charge < -0.3 is 29.9 Å². The number of rotatable bonds is 12. The minimum Gasteiger partial charge on any atom is -0.446 e. The summed E-state index contributed by atoms with van der Waals surface area (Å²) in [5.74, 6) is 0. The molecule has 49 heavy (non-hydrogen) atoms. The van der Waals surface area contributed by atoms with E-state index >= 15 is 0 Å². The van der Waals surface area contributed by atoms with E-state index in [2.05, 4.69) is 20.4 Å². The molecule has 2 saturated heterocycles. The molecule has 8 heteroatoms. The number of carbonyl (C=O) groups excluding carboxylic acids is 2. The standard InChI is InChI=1S/C41H48N4O4/c46-40(42-38(32-14-5-1-6-15-32)33-16-7-2-8-17-33)48-36-22-28-44(29-23-36)26-13-27-45-30-24-37(25-31-45)49-41(47)43-39(34-18-9-3-10-19-34)35-20-11-4-12-21-35/h1-12,14-21,36-39H,13,22-31H2,(H,42,46)(H,43,47). The Kier molecular flexibility index (Phi) is 12.3. The Morgan fingerprint density at radius 3 is 1.08 bits per heavy atom. The predicted octanol–water partition coefficient (Wildman–Crippen LogP) is 7.34. The molecule has 0 saturated carbocycles. The van der Waals surface area contributed by atoms with E-state index in [0.29, 0.717) is 0 Å². The van der Waals surface area contributed by atoms with Gasteiger partial charge in [0, 0.05) is 26.2 Å². The second-order valence-corrected chi connectivity index (χ2v) is 13.0. The molecule has 0 radical (unpaired) electrons. The Bertz CT molecular complexity index is 1360. The van der Waals surface area contributed by atoms with Gasteiger partial charge in [-0.3, -0.25) is 0 Å². The summed E-state index contributed by atoms with van der Waals surface area (Å²) in [6.07, 6.45) is 3.57. The summed E-state index contributed by atoms with van der Waals surface area (Å²) in [5, 5.41) is 6.20. The van der Waals surface area contributed by atoms with E-state index in [0.717, 1.165) is 93.6 Å². The Hall–Kier alpha value is -4.66. The molecular weight excluding hydrogens is 612 g/mol. The summed E-state index contributed by atoms with van der Waals surface area (Å²) >= 11 is 0. The van der Waals surface area contributed by atoms with Gasteiger partial charge in [-0.15, -0.1) is 0 Å². The first-order chi connectivity index (χ1) is 24.1. The molecule has 0 atom stereocenters. The third-order valence-corrected chi connectivity index (χ3v) is 9.62. The van der Waals surface area contributed by atoms with Gasteiger partial charge in [-0.25, -0.2) is 9.59 Å². The van der Waals surface area contributed by atoms with Crippen LogP contribution in [0.25, 0.3) is 0 Å². The molecule has 2 heterocycles. The molecular formula is C41H48N4O4. The van der Waals surface area contributed by atoms with Gasteiger partial charge in [0.05, 0.1) is 12.1 Å². The fraction of sp³-hybridized carbons (Fsp3) is 0.366. The molecule has 2 N–H and O–H groups in total. The maximum absolute atomic E-state index is 13.0. The molecule has 0 spiro atoms.